The van der Waals surface area contributed by atoms with E-state index in [1.54, 1.807) is 12.5 Å². The third-order valence-corrected chi connectivity index (χ3v) is 4.85. The molecular weight excluding hydrogens is 328 g/mol. The molecule has 4 rings (SSSR count). The summed E-state index contributed by atoms with van der Waals surface area (Å²) in [5.41, 5.74) is 3.72. The van der Waals surface area contributed by atoms with Crippen molar-refractivity contribution in [3.8, 4) is 22.9 Å². The SMILES string of the molecule is CCc1c(O)c(O)n(CCCn2ccnc2)c1-c1ccc2[nH]ccc2c1. The first kappa shape index (κ1) is 16.3. The summed E-state index contributed by atoms with van der Waals surface area (Å²) in [6, 6.07) is 8.17. The molecule has 134 valence electrons. The highest BCUT2D eigenvalue weighted by atomic mass is 16.3. The van der Waals surface area contributed by atoms with Gasteiger partial charge in [0.2, 0.25) is 5.88 Å². The molecule has 0 saturated heterocycles. The lowest BCUT2D eigenvalue weighted by Crippen LogP contribution is -2.04. The van der Waals surface area contributed by atoms with Crippen LogP contribution in [0.3, 0.4) is 0 Å². The number of aromatic hydroxyl groups is 2. The molecule has 6 heteroatoms. The van der Waals surface area contributed by atoms with Crippen molar-refractivity contribution in [2.24, 2.45) is 0 Å². The zero-order chi connectivity index (χ0) is 18.1. The molecule has 3 heterocycles. The Labute approximate surface area is 151 Å². The predicted octanol–water partition coefficient (Wildman–Crippen LogP) is 3.90. The zero-order valence-electron chi connectivity index (χ0n) is 14.7. The summed E-state index contributed by atoms with van der Waals surface area (Å²) < 4.78 is 3.82. The maximum Gasteiger partial charge on any atom is 0.235 e. The minimum absolute atomic E-state index is 0.0145. The van der Waals surface area contributed by atoms with Crippen molar-refractivity contribution in [2.45, 2.75) is 32.9 Å². The van der Waals surface area contributed by atoms with Crippen molar-refractivity contribution in [1.29, 1.82) is 0 Å². The second-order valence-electron chi connectivity index (χ2n) is 6.44. The number of fused-ring (bicyclic) bond motifs is 1. The van der Waals surface area contributed by atoms with Crippen molar-refractivity contribution >= 4 is 10.9 Å². The summed E-state index contributed by atoms with van der Waals surface area (Å²) in [5, 5.41) is 22.0. The first-order valence-electron chi connectivity index (χ1n) is 8.85. The van der Waals surface area contributed by atoms with Crippen LogP contribution in [-0.4, -0.2) is 29.3 Å². The summed E-state index contributed by atoms with van der Waals surface area (Å²) in [4.78, 5) is 7.24. The van der Waals surface area contributed by atoms with Crippen molar-refractivity contribution in [1.82, 2.24) is 19.1 Å². The van der Waals surface area contributed by atoms with Crippen molar-refractivity contribution < 1.29 is 10.2 Å². The van der Waals surface area contributed by atoms with Gasteiger partial charge < -0.3 is 24.3 Å². The van der Waals surface area contributed by atoms with E-state index in [4.69, 9.17) is 0 Å². The van der Waals surface area contributed by atoms with Crippen LogP contribution in [0.1, 0.15) is 18.9 Å². The van der Waals surface area contributed by atoms with Crippen LogP contribution in [-0.2, 0) is 19.5 Å². The van der Waals surface area contributed by atoms with Gasteiger partial charge in [0.15, 0.2) is 5.75 Å². The van der Waals surface area contributed by atoms with E-state index < -0.39 is 0 Å². The van der Waals surface area contributed by atoms with Gasteiger partial charge in [-0.15, -0.1) is 0 Å². The van der Waals surface area contributed by atoms with Crippen molar-refractivity contribution in [3.05, 3.63) is 54.7 Å². The number of H-pyrrole nitrogens is 1. The number of nitrogens with zero attached hydrogens (tertiary/aromatic N) is 3. The van der Waals surface area contributed by atoms with Crippen LogP contribution >= 0.6 is 0 Å². The molecule has 6 nitrogen and oxygen atoms in total. The highest BCUT2D eigenvalue weighted by molar-refractivity contribution is 5.86. The molecule has 0 aliphatic carbocycles. The van der Waals surface area contributed by atoms with Gasteiger partial charge in [0.1, 0.15) is 0 Å². The highest BCUT2D eigenvalue weighted by Gasteiger charge is 2.22. The fourth-order valence-electron chi connectivity index (χ4n) is 3.56. The average molecular weight is 350 g/mol. The minimum Gasteiger partial charge on any atom is -0.503 e. The summed E-state index contributed by atoms with van der Waals surface area (Å²) in [6.07, 6.45) is 8.84. The van der Waals surface area contributed by atoms with Crippen LogP contribution in [0.25, 0.3) is 22.2 Å². The molecule has 0 spiro atoms. The molecule has 1 aromatic carbocycles. The molecular formula is C20H22N4O2. The Balaban J connectivity index is 1.72. The number of hydrogen-bond donors (Lipinski definition) is 3. The fourth-order valence-corrected chi connectivity index (χ4v) is 3.56. The maximum atomic E-state index is 10.5. The van der Waals surface area contributed by atoms with E-state index in [9.17, 15) is 10.2 Å². The Morgan fingerprint density at radius 1 is 1.15 bits per heavy atom. The largest absolute Gasteiger partial charge is 0.503 e. The second-order valence-corrected chi connectivity index (χ2v) is 6.44. The van der Waals surface area contributed by atoms with Crippen LogP contribution < -0.4 is 0 Å². The molecule has 0 amide bonds. The van der Waals surface area contributed by atoms with Gasteiger partial charge in [-0.3, -0.25) is 0 Å². The molecule has 4 aromatic rings. The zero-order valence-corrected chi connectivity index (χ0v) is 14.7. The molecule has 0 radical (unpaired) electrons. The monoisotopic (exact) mass is 350 g/mol. The van der Waals surface area contributed by atoms with Gasteiger partial charge >= 0.3 is 0 Å². The summed E-state index contributed by atoms with van der Waals surface area (Å²) in [6.45, 7) is 3.40. The van der Waals surface area contributed by atoms with E-state index in [0.29, 0.717) is 13.0 Å². The standard InChI is InChI=1S/C20H22N4O2/c1-2-16-18(15-4-5-17-14(12-15)6-7-22-17)24(20(26)19(16)25)10-3-9-23-11-8-21-13-23/h4-8,11-13,22,25-26H,2-3,9-10H2,1H3. The minimum atomic E-state index is -0.0587. The number of imidazole rings is 1. The van der Waals surface area contributed by atoms with Gasteiger partial charge in [0.25, 0.3) is 0 Å². The normalized spacial score (nSPS) is 11.4. The fraction of sp³-hybridized carbons (Fsp3) is 0.250. The first-order chi connectivity index (χ1) is 12.7. The quantitative estimate of drug-likeness (QED) is 0.493. The number of hydrogen-bond acceptors (Lipinski definition) is 3. The number of aromatic amines is 1. The van der Waals surface area contributed by atoms with Crippen LogP contribution in [0.5, 0.6) is 11.6 Å². The van der Waals surface area contributed by atoms with E-state index in [2.05, 4.69) is 16.0 Å². The maximum absolute atomic E-state index is 10.5. The second kappa shape index (κ2) is 6.63. The third kappa shape index (κ3) is 2.73. The van der Waals surface area contributed by atoms with E-state index in [0.717, 1.165) is 40.7 Å². The predicted molar refractivity (Wildman–Crippen MR) is 101 cm³/mol. The molecule has 0 unspecified atom stereocenters. The number of rotatable bonds is 6. The molecule has 0 fully saturated rings. The number of aryl methyl sites for hydroxylation is 1. The Hall–Kier alpha value is -3.15. The lowest BCUT2D eigenvalue weighted by molar-refractivity contribution is 0.367. The molecule has 26 heavy (non-hydrogen) atoms. The van der Waals surface area contributed by atoms with E-state index in [-0.39, 0.29) is 11.6 Å². The van der Waals surface area contributed by atoms with Gasteiger partial charge in [-0.25, -0.2) is 4.98 Å². The average Bonchev–Trinajstić information content (AvgIpc) is 3.37. The lowest BCUT2D eigenvalue weighted by atomic mass is 10.0. The summed E-state index contributed by atoms with van der Waals surface area (Å²) in [7, 11) is 0. The lowest BCUT2D eigenvalue weighted by Gasteiger charge is -2.12. The molecule has 0 atom stereocenters. The van der Waals surface area contributed by atoms with Gasteiger partial charge in [-0.1, -0.05) is 13.0 Å². The van der Waals surface area contributed by atoms with E-state index in [1.807, 2.05) is 46.7 Å². The Morgan fingerprint density at radius 2 is 2.04 bits per heavy atom. The molecule has 0 saturated carbocycles. The Kier molecular flexibility index (Phi) is 4.16. The van der Waals surface area contributed by atoms with Crippen molar-refractivity contribution in [3.63, 3.8) is 0 Å². The van der Waals surface area contributed by atoms with Crippen LogP contribution in [0.2, 0.25) is 0 Å². The number of aromatic nitrogens is 4. The Morgan fingerprint density at radius 3 is 2.81 bits per heavy atom. The summed E-state index contributed by atoms with van der Waals surface area (Å²) in [5.74, 6) is -0.0732. The van der Waals surface area contributed by atoms with E-state index in [1.165, 1.54) is 0 Å². The van der Waals surface area contributed by atoms with Crippen molar-refractivity contribution in [2.75, 3.05) is 0 Å². The molecule has 3 aromatic heterocycles. The summed E-state index contributed by atoms with van der Waals surface area (Å²) >= 11 is 0. The first-order valence-corrected chi connectivity index (χ1v) is 8.85. The smallest absolute Gasteiger partial charge is 0.235 e. The van der Waals surface area contributed by atoms with Gasteiger partial charge in [-0.05, 0) is 36.6 Å². The highest BCUT2D eigenvalue weighted by Crippen LogP contribution is 2.41. The molecule has 0 aliphatic rings. The third-order valence-electron chi connectivity index (χ3n) is 4.85. The van der Waals surface area contributed by atoms with Crippen LogP contribution in [0.4, 0.5) is 0 Å². The number of benzene rings is 1. The topological polar surface area (TPSA) is 79.0 Å². The van der Waals surface area contributed by atoms with Crippen LogP contribution in [0.15, 0.2) is 49.2 Å². The van der Waals surface area contributed by atoms with Gasteiger partial charge in [0, 0.05) is 48.1 Å². The molecule has 0 bridgehead atoms. The Bertz CT molecular complexity index is 1030. The molecule has 0 aliphatic heterocycles. The number of nitrogens with one attached hydrogen (secondary N) is 1. The van der Waals surface area contributed by atoms with Crippen LogP contribution in [0, 0.1) is 0 Å². The van der Waals surface area contributed by atoms with Gasteiger partial charge in [0.05, 0.1) is 12.0 Å². The van der Waals surface area contributed by atoms with Gasteiger partial charge in [-0.2, -0.15) is 0 Å². The van der Waals surface area contributed by atoms with E-state index >= 15 is 0 Å². The molecule has 3 N–H and O–H groups in total.